The van der Waals surface area contributed by atoms with E-state index in [0.717, 1.165) is 16.8 Å². The van der Waals surface area contributed by atoms with Crippen LogP contribution in [0.2, 0.25) is 0 Å². The number of carbonyl (C=O) groups excluding carboxylic acids is 2. The molecule has 0 saturated carbocycles. The first-order valence-corrected chi connectivity index (χ1v) is 6.49. The van der Waals surface area contributed by atoms with Gasteiger partial charge in [-0.25, -0.2) is 0 Å². The number of aryl methyl sites for hydroxylation is 2. The third-order valence-electron chi connectivity index (χ3n) is 3.57. The number of hydrogen-bond donors (Lipinski definition) is 0. The normalized spacial score (nSPS) is 18.8. The molecule has 1 heterocycles. The molecule has 0 aliphatic carbocycles. The van der Waals surface area contributed by atoms with E-state index in [4.69, 9.17) is 0 Å². The average molecular weight is 260 g/mol. The van der Waals surface area contributed by atoms with Gasteiger partial charge in [0.25, 0.3) is 0 Å². The average Bonchev–Trinajstić information content (AvgIpc) is 2.73. The molecule has 19 heavy (non-hydrogen) atoms. The minimum atomic E-state index is -0.220. The van der Waals surface area contributed by atoms with E-state index in [1.807, 2.05) is 32.0 Å². The first-order valence-electron chi connectivity index (χ1n) is 6.49. The van der Waals surface area contributed by atoms with Crippen LogP contribution < -0.4 is 4.90 Å². The van der Waals surface area contributed by atoms with E-state index in [9.17, 15) is 9.59 Å². The van der Waals surface area contributed by atoms with E-state index in [0.29, 0.717) is 13.0 Å². The van der Waals surface area contributed by atoms with Crippen molar-refractivity contribution in [2.75, 3.05) is 25.5 Å². The van der Waals surface area contributed by atoms with E-state index >= 15 is 0 Å². The highest BCUT2D eigenvalue weighted by Gasteiger charge is 2.36. The molecule has 2 rings (SSSR count). The van der Waals surface area contributed by atoms with Crippen LogP contribution in [0.3, 0.4) is 0 Å². The molecular formula is C15H20N2O2. The number of anilines is 1. The summed E-state index contributed by atoms with van der Waals surface area (Å²) in [4.78, 5) is 27.4. The minimum absolute atomic E-state index is 0.0288. The second-order valence-corrected chi connectivity index (χ2v) is 5.43. The van der Waals surface area contributed by atoms with Crippen molar-refractivity contribution in [3.05, 3.63) is 29.3 Å². The molecule has 0 spiro atoms. The lowest BCUT2D eigenvalue weighted by atomic mass is 10.1. The van der Waals surface area contributed by atoms with E-state index in [2.05, 4.69) is 0 Å². The topological polar surface area (TPSA) is 40.6 Å². The number of hydrogen-bond acceptors (Lipinski definition) is 2. The lowest BCUT2D eigenvalue weighted by Crippen LogP contribution is -2.32. The first kappa shape index (κ1) is 13.6. The molecule has 2 amide bonds. The summed E-state index contributed by atoms with van der Waals surface area (Å²) in [6.45, 7) is 4.48. The Kier molecular flexibility index (Phi) is 3.60. The maximum absolute atomic E-state index is 12.1. The van der Waals surface area contributed by atoms with E-state index in [1.54, 1.807) is 23.9 Å². The van der Waals surface area contributed by atoms with Gasteiger partial charge in [-0.05, 0) is 31.0 Å². The zero-order valence-corrected chi connectivity index (χ0v) is 11.9. The molecule has 0 bridgehead atoms. The summed E-state index contributed by atoms with van der Waals surface area (Å²) in [6, 6.07) is 6.05. The summed E-state index contributed by atoms with van der Waals surface area (Å²) in [5, 5.41) is 0. The summed E-state index contributed by atoms with van der Waals surface area (Å²) in [5.74, 6) is -0.155. The highest BCUT2D eigenvalue weighted by Crippen LogP contribution is 2.29. The van der Waals surface area contributed by atoms with Crippen LogP contribution in [-0.2, 0) is 9.59 Å². The Morgan fingerprint density at radius 1 is 1.32 bits per heavy atom. The third kappa shape index (κ3) is 2.62. The second-order valence-electron chi connectivity index (χ2n) is 5.43. The zero-order valence-electron chi connectivity index (χ0n) is 11.9. The van der Waals surface area contributed by atoms with Gasteiger partial charge in [-0.15, -0.1) is 0 Å². The summed E-state index contributed by atoms with van der Waals surface area (Å²) in [6.07, 6.45) is 0.310. The SMILES string of the molecule is Cc1ccc(C)c(N2CC(C(=O)N(C)C)CC2=O)c1. The van der Waals surface area contributed by atoms with Crippen LogP contribution >= 0.6 is 0 Å². The van der Waals surface area contributed by atoms with Gasteiger partial charge in [0, 0.05) is 32.7 Å². The Morgan fingerprint density at radius 3 is 2.63 bits per heavy atom. The molecule has 1 unspecified atom stereocenters. The Balaban J connectivity index is 2.25. The highest BCUT2D eigenvalue weighted by molar-refractivity contribution is 6.00. The number of carbonyl (C=O) groups is 2. The fraction of sp³-hybridized carbons (Fsp3) is 0.467. The summed E-state index contributed by atoms with van der Waals surface area (Å²) >= 11 is 0. The Morgan fingerprint density at radius 2 is 2.00 bits per heavy atom. The van der Waals surface area contributed by atoms with E-state index in [1.165, 1.54) is 0 Å². The molecular weight excluding hydrogens is 240 g/mol. The standard InChI is InChI=1S/C15H20N2O2/c1-10-5-6-11(2)13(7-10)17-9-12(8-14(17)18)15(19)16(3)4/h5-7,12H,8-9H2,1-4H3. The molecule has 1 saturated heterocycles. The van der Waals surface area contributed by atoms with Crippen LogP contribution in [0, 0.1) is 19.8 Å². The Labute approximate surface area is 114 Å². The van der Waals surface area contributed by atoms with E-state index in [-0.39, 0.29) is 17.7 Å². The molecule has 1 aliphatic heterocycles. The smallest absolute Gasteiger partial charge is 0.227 e. The number of nitrogens with zero attached hydrogens (tertiary/aromatic N) is 2. The van der Waals surface area contributed by atoms with Crippen LogP contribution in [0.1, 0.15) is 17.5 Å². The van der Waals surface area contributed by atoms with Crippen molar-refractivity contribution in [1.29, 1.82) is 0 Å². The van der Waals surface area contributed by atoms with Crippen LogP contribution in [0.4, 0.5) is 5.69 Å². The predicted molar refractivity (Wildman–Crippen MR) is 75.1 cm³/mol. The fourth-order valence-corrected chi connectivity index (χ4v) is 2.48. The molecule has 1 fully saturated rings. The quantitative estimate of drug-likeness (QED) is 0.812. The molecule has 102 valence electrons. The van der Waals surface area contributed by atoms with Gasteiger partial charge in [0.2, 0.25) is 11.8 Å². The zero-order chi connectivity index (χ0) is 14.2. The van der Waals surface area contributed by atoms with Crippen LogP contribution in [0.25, 0.3) is 0 Å². The highest BCUT2D eigenvalue weighted by atomic mass is 16.2. The molecule has 0 radical (unpaired) electrons. The summed E-state index contributed by atoms with van der Waals surface area (Å²) < 4.78 is 0. The lowest BCUT2D eigenvalue weighted by molar-refractivity contribution is -0.133. The van der Waals surface area contributed by atoms with Crippen molar-refractivity contribution in [2.24, 2.45) is 5.92 Å². The van der Waals surface area contributed by atoms with Crippen LogP contribution in [0.5, 0.6) is 0 Å². The number of amides is 2. The largest absolute Gasteiger partial charge is 0.349 e. The van der Waals surface area contributed by atoms with E-state index < -0.39 is 0 Å². The molecule has 1 aromatic carbocycles. The first-order chi connectivity index (χ1) is 8.90. The maximum atomic E-state index is 12.1. The van der Waals surface area contributed by atoms with Crippen molar-refractivity contribution in [3.8, 4) is 0 Å². The van der Waals surface area contributed by atoms with Crippen molar-refractivity contribution >= 4 is 17.5 Å². The minimum Gasteiger partial charge on any atom is -0.349 e. The van der Waals surface area contributed by atoms with Gasteiger partial charge in [0.05, 0.1) is 5.92 Å². The number of rotatable bonds is 2. The van der Waals surface area contributed by atoms with Crippen molar-refractivity contribution in [1.82, 2.24) is 4.90 Å². The number of benzene rings is 1. The lowest BCUT2D eigenvalue weighted by Gasteiger charge is -2.20. The van der Waals surface area contributed by atoms with Gasteiger partial charge in [0.15, 0.2) is 0 Å². The van der Waals surface area contributed by atoms with Crippen molar-refractivity contribution in [2.45, 2.75) is 20.3 Å². The summed E-state index contributed by atoms with van der Waals surface area (Å²) in [7, 11) is 3.46. The predicted octanol–water partition coefficient (Wildman–Crippen LogP) is 1.74. The molecule has 0 N–H and O–H groups in total. The van der Waals surface area contributed by atoms with Crippen molar-refractivity contribution in [3.63, 3.8) is 0 Å². The molecule has 1 aliphatic rings. The van der Waals surface area contributed by atoms with Crippen LogP contribution in [-0.4, -0.2) is 37.4 Å². The van der Waals surface area contributed by atoms with Gasteiger partial charge in [0.1, 0.15) is 0 Å². The maximum Gasteiger partial charge on any atom is 0.227 e. The summed E-state index contributed by atoms with van der Waals surface area (Å²) in [5.41, 5.74) is 3.12. The van der Waals surface area contributed by atoms with Gasteiger partial charge >= 0.3 is 0 Å². The second kappa shape index (κ2) is 5.03. The molecule has 4 heteroatoms. The third-order valence-corrected chi connectivity index (χ3v) is 3.57. The molecule has 0 aromatic heterocycles. The Bertz CT molecular complexity index is 523. The van der Waals surface area contributed by atoms with Gasteiger partial charge in [-0.3, -0.25) is 9.59 Å². The molecule has 1 aromatic rings. The van der Waals surface area contributed by atoms with Gasteiger partial charge in [-0.1, -0.05) is 12.1 Å². The molecule has 4 nitrogen and oxygen atoms in total. The fourth-order valence-electron chi connectivity index (χ4n) is 2.48. The Hall–Kier alpha value is -1.84. The molecule has 1 atom stereocenters. The van der Waals surface area contributed by atoms with Crippen molar-refractivity contribution < 1.29 is 9.59 Å². The monoisotopic (exact) mass is 260 g/mol. The van der Waals surface area contributed by atoms with Crippen LogP contribution in [0.15, 0.2) is 18.2 Å². The van der Waals surface area contributed by atoms with Gasteiger partial charge < -0.3 is 9.80 Å². The van der Waals surface area contributed by atoms with Gasteiger partial charge in [-0.2, -0.15) is 0 Å².